The van der Waals surface area contributed by atoms with Crippen molar-refractivity contribution in [1.29, 1.82) is 5.26 Å². The summed E-state index contributed by atoms with van der Waals surface area (Å²) in [5.74, 6) is -0.239. The number of nitrogens with zero attached hydrogens (tertiary/aromatic N) is 1. The van der Waals surface area contributed by atoms with Crippen LogP contribution in [-0.2, 0) is 5.88 Å². The van der Waals surface area contributed by atoms with Crippen LogP contribution >= 0.6 is 11.6 Å². The van der Waals surface area contributed by atoms with Crippen LogP contribution in [0.2, 0.25) is 0 Å². The Morgan fingerprint density at radius 1 is 1.60 bits per heavy atom. The van der Waals surface area contributed by atoms with Gasteiger partial charge >= 0.3 is 0 Å². The van der Waals surface area contributed by atoms with Gasteiger partial charge in [0, 0.05) is 5.56 Å². The van der Waals surface area contributed by atoms with Gasteiger partial charge in [0.1, 0.15) is 6.07 Å². The predicted octanol–water partition coefficient (Wildman–Crippen LogP) is 3.25. The highest BCUT2D eigenvalue weighted by atomic mass is 35.5. The average molecular weight is 228 g/mol. The third kappa shape index (κ3) is 2.84. The van der Waals surface area contributed by atoms with E-state index in [1.807, 2.05) is 6.07 Å². The lowest BCUT2D eigenvalue weighted by atomic mass is 10.2. The lowest BCUT2D eigenvalue weighted by Crippen LogP contribution is -2.14. The molecule has 15 heavy (non-hydrogen) atoms. The van der Waals surface area contributed by atoms with Crippen molar-refractivity contribution in [2.75, 3.05) is 0 Å². The fraction of sp³-hybridized carbons (Fsp3) is 0.364. The van der Waals surface area contributed by atoms with Gasteiger partial charge in [-0.25, -0.2) is 4.39 Å². The van der Waals surface area contributed by atoms with E-state index in [0.717, 1.165) is 0 Å². The average Bonchev–Trinajstić information content (AvgIpc) is 2.27. The SMILES string of the molecule is CCC(C#N)Oc1c(F)cccc1CCl. The summed E-state index contributed by atoms with van der Waals surface area (Å²) in [6.45, 7) is 1.80. The molecule has 0 fully saturated rings. The minimum atomic E-state index is -0.635. The molecule has 0 heterocycles. The molecule has 0 aliphatic heterocycles. The molecule has 0 spiro atoms. The normalized spacial score (nSPS) is 11.9. The van der Waals surface area contributed by atoms with Crippen molar-refractivity contribution >= 4 is 11.6 Å². The van der Waals surface area contributed by atoms with E-state index >= 15 is 0 Å². The van der Waals surface area contributed by atoms with Gasteiger partial charge in [0.25, 0.3) is 0 Å². The molecule has 1 rings (SSSR count). The van der Waals surface area contributed by atoms with Crippen LogP contribution in [0.3, 0.4) is 0 Å². The molecule has 0 saturated heterocycles. The van der Waals surface area contributed by atoms with E-state index in [0.29, 0.717) is 12.0 Å². The van der Waals surface area contributed by atoms with Gasteiger partial charge in [0.05, 0.1) is 5.88 Å². The lowest BCUT2D eigenvalue weighted by Gasteiger charge is -2.13. The van der Waals surface area contributed by atoms with Crippen LogP contribution in [-0.4, -0.2) is 6.10 Å². The van der Waals surface area contributed by atoms with Crippen molar-refractivity contribution in [2.24, 2.45) is 0 Å². The molecule has 1 unspecified atom stereocenters. The molecular formula is C11H11ClFNO. The summed E-state index contributed by atoms with van der Waals surface area (Å²) in [5.41, 5.74) is 0.561. The Labute approximate surface area is 93.2 Å². The van der Waals surface area contributed by atoms with Crippen molar-refractivity contribution in [3.8, 4) is 11.8 Å². The summed E-state index contributed by atoms with van der Waals surface area (Å²) < 4.78 is 18.6. The lowest BCUT2D eigenvalue weighted by molar-refractivity contribution is 0.238. The molecule has 0 N–H and O–H groups in total. The van der Waals surface area contributed by atoms with Gasteiger partial charge in [0.15, 0.2) is 17.7 Å². The van der Waals surface area contributed by atoms with Crippen LogP contribution in [0.25, 0.3) is 0 Å². The first kappa shape index (κ1) is 11.8. The van der Waals surface area contributed by atoms with E-state index in [2.05, 4.69) is 0 Å². The van der Waals surface area contributed by atoms with Gasteiger partial charge < -0.3 is 4.74 Å². The Bertz CT molecular complexity index is 375. The Kier molecular flexibility index (Phi) is 4.38. The fourth-order valence-electron chi connectivity index (χ4n) is 1.13. The smallest absolute Gasteiger partial charge is 0.184 e. The number of ether oxygens (including phenoxy) is 1. The number of hydrogen-bond donors (Lipinski definition) is 0. The van der Waals surface area contributed by atoms with E-state index < -0.39 is 11.9 Å². The summed E-state index contributed by atoms with van der Waals surface area (Å²) in [6.07, 6.45) is -0.129. The number of hydrogen-bond acceptors (Lipinski definition) is 2. The summed E-state index contributed by atoms with van der Waals surface area (Å²) in [5, 5.41) is 8.71. The molecule has 0 saturated carbocycles. The van der Waals surface area contributed by atoms with Gasteiger partial charge in [-0.2, -0.15) is 5.26 Å². The highest BCUT2D eigenvalue weighted by Crippen LogP contribution is 2.25. The van der Waals surface area contributed by atoms with Crippen LogP contribution in [0.4, 0.5) is 4.39 Å². The third-order valence-corrected chi connectivity index (χ3v) is 2.26. The molecule has 1 aromatic rings. The van der Waals surface area contributed by atoms with Crippen LogP contribution in [0.5, 0.6) is 5.75 Å². The summed E-state index contributed by atoms with van der Waals surface area (Å²) in [6, 6.07) is 6.47. The molecule has 4 heteroatoms. The first-order valence-corrected chi connectivity index (χ1v) is 5.16. The molecule has 0 radical (unpaired) electrons. The van der Waals surface area contributed by atoms with Gasteiger partial charge in [-0.1, -0.05) is 19.1 Å². The monoisotopic (exact) mass is 227 g/mol. The van der Waals surface area contributed by atoms with Crippen LogP contribution < -0.4 is 4.74 Å². The maximum absolute atomic E-state index is 13.4. The molecule has 1 atom stereocenters. The maximum Gasteiger partial charge on any atom is 0.184 e. The second kappa shape index (κ2) is 5.57. The zero-order valence-corrected chi connectivity index (χ0v) is 9.09. The third-order valence-electron chi connectivity index (χ3n) is 1.97. The number of halogens is 2. The largest absolute Gasteiger partial charge is 0.472 e. The van der Waals surface area contributed by atoms with Crippen molar-refractivity contribution in [2.45, 2.75) is 25.3 Å². The number of alkyl halides is 1. The van der Waals surface area contributed by atoms with Crippen molar-refractivity contribution in [3.05, 3.63) is 29.6 Å². The van der Waals surface area contributed by atoms with E-state index in [1.165, 1.54) is 6.07 Å². The summed E-state index contributed by atoms with van der Waals surface area (Å²) >= 11 is 5.64. The number of para-hydroxylation sites is 1. The second-order valence-electron chi connectivity index (χ2n) is 3.01. The zero-order valence-electron chi connectivity index (χ0n) is 8.34. The zero-order chi connectivity index (χ0) is 11.3. The number of benzene rings is 1. The molecule has 0 aliphatic rings. The quantitative estimate of drug-likeness (QED) is 0.740. The van der Waals surface area contributed by atoms with Gasteiger partial charge in [-0.15, -0.1) is 11.6 Å². The molecule has 0 aromatic heterocycles. The Morgan fingerprint density at radius 2 is 2.33 bits per heavy atom. The predicted molar refractivity (Wildman–Crippen MR) is 56.3 cm³/mol. The minimum Gasteiger partial charge on any atom is -0.472 e. The molecule has 80 valence electrons. The summed E-state index contributed by atoms with van der Waals surface area (Å²) in [7, 11) is 0. The van der Waals surface area contributed by atoms with Crippen molar-refractivity contribution in [3.63, 3.8) is 0 Å². The van der Waals surface area contributed by atoms with Gasteiger partial charge in [-0.05, 0) is 12.5 Å². The van der Waals surface area contributed by atoms with E-state index in [1.54, 1.807) is 19.1 Å². The van der Waals surface area contributed by atoms with Crippen LogP contribution in [0, 0.1) is 17.1 Å². The number of nitriles is 1. The maximum atomic E-state index is 13.4. The first-order chi connectivity index (χ1) is 7.22. The Balaban J connectivity index is 2.97. The molecule has 0 amide bonds. The molecule has 1 aromatic carbocycles. The van der Waals surface area contributed by atoms with Gasteiger partial charge in [-0.3, -0.25) is 0 Å². The molecule has 0 bridgehead atoms. The Morgan fingerprint density at radius 3 is 2.87 bits per heavy atom. The Hall–Kier alpha value is -1.27. The molecular weight excluding hydrogens is 217 g/mol. The van der Waals surface area contributed by atoms with Crippen molar-refractivity contribution < 1.29 is 9.13 Å². The second-order valence-corrected chi connectivity index (χ2v) is 3.27. The molecule has 2 nitrogen and oxygen atoms in total. The van der Waals surface area contributed by atoms with Crippen LogP contribution in [0.1, 0.15) is 18.9 Å². The van der Waals surface area contributed by atoms with Crippen LogP contribution in [0.15, 0.2) is 18.2 Å². The van der Waals surface area contributed by atoms with E-state index in [4.69, 9.17) is 21.6 Å². The fourth-order valence-corrected chi connectivity index (χ4v) is 1.34. The van der Waals surface area contributed by atoms with E-state index in [9.17, 15) is 4.39 Å². The van der Waals surface area contributed by atoms with Crippen molar-refractivity contribution in [1.82, 2.24) is 0 Å². The number of rotatable bonds is 4. The topological polar surface area (TPSA) is 33.0 Å². The highest BCUT2D eigenvalue weighted by Gasteiger charge is 2.13. The first-order valence-electron chi connectivity index (χ1n) is 4.62. The highest BCUT2D eigenvalue weighted by molar-refractivity contribution is 6.17. The standard InChI is InChI=1S/C11H11ClFNO/c1-2-9(7-14)15-11-8(6-12)4-3-5-10(11)13/h3-5,9H,2,6H2,1H3. The van der Waals surface area contributed by atoms with Gasteiger partial charge in [0.2, 0.25) is 0 Å². The summed E-state index contributed by atoms with van der Waals surface area (Å²) in [4.78, 5) is 0. The molecule has 0 aliphatic carbocycles. The minimum absolute atomic E-state index is 0.0842. The van der Waals surface area contributed by atoms with E-state index in [-0.39, 0.29) is 11.6 Å².